The first-order valence-corrected chi connectivity index (χ1v) is 7.26. The van der Waals surface area contributed by atoms with Crippen LogP contribution in [0.5, 0.6) is 5.75 Å². The summed E-state index contributed by atoms with van der Waals surface area (Å²) in [6.07, 6.45) is 0.208. The molecule has 2 aromatic rings. The molecule has 0 atom stereocenters. The van der Waals surface area contributed by atoms with E-state index < -0.39 is 6.61 Å². The maximum atomic E-state index is 12.0. The highest BCUT2D eigenvalue weighted by Crippen LogP contribution is 2.16. The Labute approximate surface area is 125 Å². The lowest BCUT2D eigenvalue weighted by molar-refractivity contribution is -0.120. The Morgan fingerprint density at radius 2 is 2.00 bits per heavy atom. The maximum absolute atomic E-state index is 12.0. The van der Waals surface area contributed by atoms with E-state index in [0.29, 0.717) is 6.54 Å². The van der Waals surface area contributed by atoms with Gasteiger partial charge in [-0.2, -0.15) is 8.78 Å². The Bertz CT molecular complexity index is 596. The van der Waals surface area contributed by atoms with Crippen molar-refractivity contribution in [1.29, 1.82) is 0 Å². The quantitative estimate of drug-likeness (QED) is 0.886. The second-order valence-electron chi connectivity index (χ2n) is 4.50. The molecule has 1 aromatic heterocycles. The van der Waals surface area contributed by atoms with Crippen molar-refractivity contribution in [3.63, 3.8) is 0 Å². The molecule has 0 aliphatic carbocycles. The van der Waals surface area contributed by atoms with Crippen molar-refractivity contribution in [3.8, 4) is 5.75 Å². The van der Waals surface area contributed by atoms with E-state index in [0.717, 1.165) is 16.0 Å². The van der Waals surface area contributed by atoms with Crippen molar-refractivity contribution in [2.75, 3.05) is 0 Å². The number of rotatable bonds is 6. The van der Waals surface area contributed by atoms with Crippen molar-refractivity contribution >= 4 is 17.2 Å². The number of alkyl halides is 2. The number of halogens is 2. The molecule has 0 unspecified atom stereocenters. The van der Waals surface area contributed by atoms with Gasteiger partial charge in [-0.05, 0) is 41.6 Å². The minimum absolute atomic E-state index is 0.0865. The lowest BCUT2D eigenvalue weighted by atomic mass is 10.1. The van der Waals surface area contributed by atoms with Gasteiger partial charge in [-0.15, -0.1) is 11.3 Å². The first kappa shape index (κ1) is 15.4. The van der Waals surface area contributed by atoms with Gasteiger partial charge in [0.25, 0.3) is 0 Å². The van der Waals surface area contributed by atoms with Gasteiger partial charge in [0.15, 0.2) is 0 Å². The second kappa shape index (κ2) is 7.17. The number of hydrogen-bond acceptors (Lipinski definition) is 3. The predicted molar refractivity (Wildman–Crippen MR) is 77.7 cm³/mol. The van der Waals surface area contributed by atoms with Crippen LogP contribution in [0.1, 0.15) is 16.0 Å². The molecule has 0 spiro atoms. The summed E-state index contributed by atoms with van der Waals surface area (Å²) < 4.78 is 28.3. The number of nitrogens with one attached hydrogen (secondary N) is 1. The third kappa shape index (κ3) is 4.82. The molecule has 1 N–H and O–H groups in total. The first-order chi connectivity index (χ1) is 10.0. The van der Waals surface area contributed by atoms with Crippen molar-refractivity contribution in [3.05, 3.63) is 51.7 Å². The lowest BCUT2D eigenvalue weighted by Crippen LogP contribution is -2.24. The Morgan fingerprint density at radius 1 is 1.29 bits per heavy atom. The van der Waals surface area contributed by atoms with Gasteiger partial charge in [-0.1, -0.05) is 12.1 Å². The monoisotopic (exact) mass is 311 g/mol. The molecule has 0 aliphatic heterocycles. The molecule has 3 nitrogen and oxygen atoms in total. The fourth-order valence-corrected chi connectivity index (χ4v) is 2.65. The van der Waals surface area contributed by atoms with Crippen LogP contribution in [-0.4, -0.2) is 12.5 Å². The van der Waals surface area contributed by atoms with E-state index in [1.165, 1.54) is 12.1 Å². The van der Waals surface area contributed by atoms with Crippen LogP contribution in [0.4, 0.5) is 8.78 Å². The summed E-state index contributed by atoms with van der Waals surface area (Å²) in [6.45, 7) is -0.331. The van der Waals surface area contributed by atoms with Crippen molar-refractivity contribution in [1.82, 2.24) is 5.32 Å². The van der Waals surface area contributed by atoms with Crippen LogP contribution < -0.4 is 10.1 Å². The Morgan fingerprint density at radius 3 is 2.57 bits per heavy atom. The number of carbonyl (C=O) groups is 1. The fraction of sp³-hybridized carbons (Fsp3) is 0.267. The van der Waals surface area contributed by atoms with Crippen molar-refractivity contribution in [2.45, 2.75) is 26.5 Å². The van der Waals surface area contributed by atoms with E-state index in [1.807, 2.05) is 18.4 Å². The molecule has 1 heterocycles. The van der Waals surface area contributed by atoms with Crippen LogP contribution >= 0.6 is 11.3 Å². The van der Waals surface area contributed by atoms with Gasteiger partial charge in [0, 0.05) is 4.88 Å². The fourth-order valence-electron chi connectivity index (χ4n) is 1.80. The van der Waals surface area contributed by atoms with Gasteiger partial charge >= 0.3 is 6.61 Å². The van der Waals surface area contributed by atoms with E-state index in [4.69, 9.17) is 0 Å². The van der Waals surface area contributed by atoms with Crippen LogP contribution in [0.25, 0.3) is 0 Å². The minimum Gasteiger partial charge on any atom is -0.435 e. The van der Waals surface area contributed by atoms with Gasteiger partial charge in [-0.3, -0.25) is 4.79 Å². The van der Waals surface area contributed by atoms with Gasteiger partial charge in [-0.25, -0.2) is 0 Å². The van der Waals surface area contributed by atoms with E-state index in [9.17, 15) is 13.6 Å². The third-order valence-corrected chi connectivity index (χ3v) is 3.95. The highest BCUT2D eigenvalue weighted by molar-refractivity contribution is 7.10. The SMILES string of the molecule is Cc1ccsc1CNC(=O)Cc1ccc(OC(F)F)cc1. The molecule has 1 amide bonds. The number of ether oxygens (including phenoxy) is 1. The molecule has 0 aliphatic rings. The van der Waals surface area contributed by atoms with Gasteiger partial charge in [0.1, 0.15) is 5.75 Å². The molecule has 2 rings (SSSR count). The topological polar surface area (TPSA) is 38.3 Å². The van der Waals surface area contributed by atoms with Gasteiger partial charge < -0.3 is 10.1 Å². The molecular weight excluding hydrogens is 296 g/mol. The van der Waals surface area contributed by atoms with Gasteiger partial charge in [0.2, 0.25) is 5.91 Å². The minimum atomic E-state index is -2.84. The standard InChI is InChI=1S/C15H15F2NO2S/c1-10-6-7-21-13(10)9-18-14(19)8-11-2-4-12(5-3-11)20-15(16)17/h2-7,15H,8-9H2,1H3,(H,18,19). The van der Waals surface area contributed by atoms with Crippen LogP contribution in [0, 0.1) is 6.92 Å². The van der Waals surface area contributed by atoms with E-state index in [-0.39, 0.29) is 18.1 Å². The number of aryl methyl sites for hydroxylation is 1. The molecule has 21 heavy (non-hydrogen) atoms. The van der Waals surface area contributed by atoms with E-state index in [1.54, 1.807) is 23.5 Å². The average Bonchev–Trinajstić information content (AvgIpc) is 2.84. The zero-order chi connectivity index (χ0) is 15.2. The maximum Gasteiger partial charge on any atom is 0.387 e. The van der Waals surface area contributed by atoms with Crippen LogP contribution in [0.3, 0.4) is 0 Å². The Kier molecular flexibility index (Phi) is 5.27. The van der Waals surface area contributed by atoms with Crippen LogP contribution in [-0.2, 0) is 17.8 Å². The normalized spacial score (nSPS) is 10.7. The summed E-state index contributed by atoms with van der Waals surface area (Å²) in [6, 6.07) is 8.08. The number of thiophene rings is 1. The summed E-state index contributed by atoms with van der Waals surface area (Å²) in [5, 5.41) is 4.83. The van der Waals surface area contributed by atoms with E-state index >= 15 is 0 Å². The zero-order valence-corrected chi connectivity index (χ0v) is 12.3. The number of benzene rings is 1. The second-order valence-corrected chi connectivity index (χ2v) is 5.50. The number of carbonyl (C=O) groups excluding carboxylic acids is 1. The molecule has 0 saturated heterocycles. The molecule has 0 saturated carbocycles. The molecule has 6 heteroatoms. The molecule has 112 valence electrons. The largest absolute Gasteiger partial charge is 0.435 e. The highest BCUT2D eigenvalue weighted by atomic mass is 32.1. The van der Waals surface area contributed by atoms with Crippen LogP contribution in [0.15, 0.2) is 35.7 Å². The summed E-state index contributed by atoms with van der Waals surface area (Å²) >= 11 is 1.60. The first-order valence-electron chi connectivity index (χ1n) is 6.38. The third-order valence-electron chi connectivity index (χ3n) is 2.93. The molecule has 0 fully saturated rings. The molecule has 1 aromatic carbocycles. The summed E-state index contributed by atoms with van der Waals surface area (Å²) in [5.74, 6) is -0.0197. The van der Waals surface area contributed by atoms with Crippen molar-refractivity contribution < 1.29 is 18.3 Å². The molecule has 0 bridgehead atoms. The molecular formula is C15H15F2NO2S. The number of hydrogen-bond donors (Lipinski definition) is 1. The van der Waals surface area contributed by atoms with Gasteiger partial charge in [0.05, 0.1) is 13.0 Å². The predicted octanol–water partition coefficient (Wildman–Crippen LogP) is 3.52. The summed E-state index contributed by atoms with van der Waals surface area (Å²) in [7, 11) is 0. The highest BCUT2D eigenvalue weighted by Gasteiger charge is 2.07. The van der Waals surface area contributed by atoms with Crippen molar-refractivity contribution in [2.24, 2.45) is 0 Å². The zero-order valence-electron chi connectivity index (χ0n) is 11.4. The Hall–Kier alpha value is -1.95. The molecule has 0 radical (unpaired) electrons. The Balaban J connectivity index is 1.83. The summed E-state index contributed by atoms with van der Waals surface area (Å²) in [4.78, 5) is 13.0. The summed E-state index contributed by atoms with van der Waals surface area (Å²) in [5.41, 5.74) is 1.91. The lowest BCUT2D eigenvalue weighted by Gasteiger charge is -2.07. The average molecular weight is 311 g/mol. The number of amides is 1. The van der Waals surface area contributed by atoms with Crippen LogP contribution in [0.2, 0.25) is 0 Å². The smallest absolute Gasteiger partial charge is 0.387 e. The van der Waals surface area contributed by atoms with E-state index in [2.05, 4.69) is 10.1 Å².